The van der Waals surface area contributed by atoms with E-state index in [2.05, 4.69) is 24.4 Å². The smallest absolute Gasteiger partial charge is 0.132 e. The van der Waals surface area contributed by atoms with Crippen molar-refractivity contribution in [3.63, 3.8) is 0 Å². The molecule has 1 atom stereocenters. The first kappa shape index (κ1) is 12.8. The second-order valence-electron chi connectivity index (χ2n) is 4.58. The van der Waals surface area contributed by atoms with Gasteiger partial charge < -0.3 is 10.1 Å². The molecule has 17 heavy (non-hydrogen) atoms. The van der Waals surface area contributed by atoms with Gasteiger partial charge in [-0.15, -0.1) is 11.8 Å². The maximum Gasteiger partial charge on any atom is 0.132 e. The fourth-order valence-corrected chi connectivity index (χ4v) is 2.86. The minimum Gasteiger partial charge on any atom is -0.496 e. The SMILES string of the molecule is COc1ccccc1SCCNC(C)C1CC1. The Balaban J connectivity index is 1.70. The van der Waals surface area contributed by atoms with Crippen LogP contribution in [0.2, 0.25) is 0 Å². The number of para-hydroxylation sites is 1. The molecule has 1 N–H and O–H groups in total. The van der Waals surface area contributed by atoms with Gasteiger partial charge >= 0.3 is 0 Å². The van der Waals surface area contributed by atoms with E-state index >= 15 is 0 Å². The van der Waals surface area contributed by atoms with Crippen LogP contribution in [-0.4, -0.2) is 25.4 Å². The van der Waals surface area contributed by atoms with Gasteiger partial charge in [0.2, 0.25) is 0 Å². The van der Waals surface area contributed by atoms with Crippen molar-refractivity contribution >= 4 is 11.8 Å². The van der Waals surface area contributed by atoms with E-state index in [0.717, 1.165) is 24.0 Å². The molecule has 1 aromatic carbocycles. The summed E-state index contributed by atoms with van der Waals surface area (Å²) in [6, 6.07) is 8.89. The van der Waals surface area contributed by atoms with Gasteiger partial charge in [0.1, 0.15) is 5.75 Å². The van der Waals surface area contributed by atoms with Crippen LogP contribution in [-0.2, 0) is 0 Å². The predicted molar refractivity (Wildman–Crippen MR) is 73.9 cm³/mol. The number of thioether (sulfide) groups is 1. The van der Waals surface area contributed by atoms with Gasteiger partial charge in [-0.2, -0.15) is 0 Å². The zero-order chi connectivity index (χ0) is 12.1. The van der Waals surface area contributed by atoms with E-state index in [4.69, 9.17) is 4.74 Å². The van der Waals surface area contributed by atoms with Crippen molar-refractivity contribution in [2.45, 2.75) is 30.7 Å². The molecule has 3 heteroatoms. The van der Waals surface area contributed by atoms with Crippen molar-refractivity contribution < 1.29 is 4.74 Å². The molecule has 1 saturated carbocycles. The van der Waals surface area contributed by atoms with Crippen molar-refractivity contribution in [1.82, 2.24) is 5.32 Å². The number of methoxy groups -OCH3 is 1. The molecule has 1 aliphatic carbocycles. The lowest BCUT2D eigenvalue weighted by atomic mass is 10.2. The zero-order valence-corrected chi connectivity index (χ0v) is 11.4. The third kappa shape index (κ3) is 3.93. The number of hydrogen-bond donors (Lipinski definition) is 1. The van der Waals surface area contributed by atoms with Crippen LogP contribution < -0.4 is 10.1 Å². The van der Waals surface area contributed by atoms with Crippen LogP contribution >= 0.6 is 11.8 Å². The van der Waals surface area contributed by atoms with Crippen LogP contribution in [0.1, 0.15) is 19.8 Å². The molecule has 0 amide bonds. The summed E-state index contributed by atoms with van der Waals surface area (Å²) in [7, 11) is 1.73. The molecule has 1 aliphatic rings. The van der Waals surface area contributed by atoms with E-state index in [1.165, 1.54) is 17.7 Å². The molecule has 0 aliphatic heterocycles. The summed E-state index contributed by atoms with van der Waals surface area (Å²) in [6.45, 7) is 3.37. The largest absolute Gasteiger partial charge is 0.496 e. The fraction of sp³-hybridized carbons (Fsp3) is 0.571. The molecule has 1 aromatic rings. The summed E-state index contributed by atoms with van der Waals surface area (Å²) >= 11 is 1.86. The van der Waals surface area contributed by atoms with E-state index in [9.17, 15) is 0 Å². The molecule has 94 valence electrons. The summed E-state index contributed by atoms with van der Waals surface area (Å²) < 4.78 is 5.33. The summed E-state index contributed by atoms with van der Waals surface area (Å²) in [6.07, 6.45) is 2.82. The molecule has 2 nitrogen and oxygen atoms in total. The molecule has 2 rings (SSSR count). The Morgan fingerprint density at radius 2 is 2.18 bits per heavy atom. The quantitative estimate of drug-likeness (QED) is 0.594. The van der Waals surface area contributed by atoms with Crippen LogP contribution in [0.5, 0.6) is 5.75 Å². The normalized spacial score (nSPS) is 16.8. The van der Waals surface area contributed by atoms with Gasteiger partial charge in [-0.05, 0) is 37.8 Å². The Hall–Kier alpha value is -0.670. The van der Waals surface area contributed by atoms with Gasteiger partial charge in [-0.3, -0.25) is 0 Å². The van der Waals surface area contributed by atoms with E-state index < -0.39 is 0 Å². The van der Waals surface area contributed by atoms with E-state index in [-0.39, 0.29) is 0 Å². The first-order valence-electron chi connectivity index (χ1n) is 6.30. The predicted octanol–water partition coefficient (Wildman–Crippen LogP) is 3.18. The van der Waals surface area contributed by atoms with Crippen LogP contribution in [0, 0.1) is 5.92 Å². The standard InChI is InChI=1S/C14H21NOS/c1-11(12-7-8-12)15-9-10-17-14-6-4-3-5-13(14)16-2/h3-6,11-12,15H,7-10H2,1-2H3. The number of rotatable bonds is 7. The van der Waals surface area contributed by atoms with E-state index in [0.29, 0.717) is 6.04 Å². The highest BCUT2D eigenvalue weighted by atomic mass is 32.2. The zero-order valence-electron chi connectivity index (χ0n) is 10.6. The maximum absolute atomic E-state index is 5.33. The molecule has 1 unspecified atom stereocenters. The minimum absolute atomic E-state index is 0.688. The molecule has 0 heterocycles. The summed E-state index contributed by atoms with van der Waals surface area (Å²) in [5, 5.41) is 3.59. The Kier molecular flexibility index (Phi) is 4.75. The maximum atomic E-state index is 5.33. The van der Waals surface area contributed by atoms with Crippen LogP contribution in [0.4, 0.5) is 0 Å². The number of hydrogen-bond acceptors (Lipinski definition) is 3. The Morgan fingerprint density at radius 3 is 2.88 bits per heavy atom. The number of nitrogens with one attached hydrogen (secondary N) is 1. The minimum atomic E-state index is 0.688. The van der Waals surface area contributed by atoms with Crippen LogP contribution in [0.15, 0.2) is 29.2 Å². The third-order valence-corrected chi connectivity index (χ3v) is 4.28. The van der Waals surface area contributed by atoms with E-state index in [1.807, 2.05) is 23.9 Å². The molecule has 0 aromatic heterocycles. The average molecular weight is 251 g/mol. The van der Waals surface area contributed by atoms with Gasteiger partial charge in [0.05, 0.1) is 7.11 Å². The van der Waals surface area contributed by atoms with Crippen molar-refractivity contribution in [3.05, 3.63) is 24.3 Å². The Morgan fingerprint density at radius 1 is 1.41 bits per heavy atom. The highest BCUT2D eigenvalue weighted by molar-refractivity contribution is 7.99. The van der Waals surface area contributed by atoms with Gasteiger partial charge in [0.25, 0.3) is 0 Å². The first-order valence-corrected chi connectivity index (χ1v) is 7.29. The number of ether oxygens (including phenoxy) is 1. The van der Waals surface area contributed by atoms with Crippen molar-refractivity contribution in [3.8, 4) is 5.75 Å². The van der Waals surface area contributed by atoms with Gasteiger partial charge in [-0.25, -0.2) is 0 Å². The van der Waals surface area contributed by atoms with E-state index in [1.54, 1.807) is 7.11 Å². The van der Waals surface area contributed by atoms with Crippen molar-refractivity contribution in [1.29, 1.82) is 0 Å². The van der Waals surface area contributed by atoms with Crippen LogP contribution in [0.25, 0.3) is 0 Å². The molecule has 0 radical (unpaired) electrons. The highest BCUT2D eigenvalue weighted by Gasteiger charge is 2.27. The highest BCUT2D eigenvalue weighted by Crippen LogP contribution is 2.32. The lowest BCUT2D eigenvalue weighted by Crippen LogP contribution is -2.29. The van der Waals surface area contributed by atoms with Crippen LogP contribution in [0.3, 0.4) is 0 Å². The molecule has 0 saturated heterocycles. The second-order valence-corrected chi connectivity index (χ2v) is 5.72. The Bertz CT molecular complexity index is 352. The van der Waals surface area contributed by atoms with Gasteiger partial charge in [0, 0.05) is 23.2 Å². The lowest BCUT2D eigenvalue weighted by molar-refractivity contribution is 0.405. The monoisotopic (exact) mass is 251 g/mol. The molecule has 1 fully saturated rings. The summed E-state index contributed by atoms with van der Waals surface area (Å²) in [4.78, 5) is 1.23. The van der Waals surface area contributed by atoms with Gasteiger partial charge in [-0.1, -0.05) is 12.1 Å². The summed E-state index contributed by atoms with van der Waals surface area (Å²) in [5.41, 5.74) is 0. The average Bonchev–Trinajstić information content (AvgIpc) is 3.19. The number of benzene rings is 1. The van der Waals surface area contributed by atoms with Crippen molar-refractivity contribution in [2.24, 2.45) is 5.92 Å². The lowest BCUT2D eigenvalue weighted by Gasteiger charge is -2.12. The van der Waals surface area contributed by atoms with Crippen molar-refractivity contribution in [2.75, 3.05) is 19.4 Å². The van der Waals surface area contributed by atoms with Gasteiger partial charge in [0.15, 0.2) is 0 Å². The molecule has 0 spiro atoms. The Labute approximate surface area is 108 Å². The first-order chi connectivity index (χ1) is 8.31. The third-order valence-electron chi connectivity index (χ3n) is 3.22. The fourth-order valence-electron chi connectivity index (χ4n) is 1.95. The molecule has 0 bridgehead atoms. The summed E-state index contributed by atoms with van der Waals surface area (Å²) in [5.74, 6) is 3.01. The molecular formula is C14H21NOS. The second kappa shape index (κ2) is 6.31. The topological polar surface area (TPSA) is 21.3 Å². The molecular weight excluding hydrogens is 230 g/mol.